The van der Waals surface area contributed by atoms with Gasteiger partial charge in [-0.2, -0.15) is 0 Å². The summed E-state index contributed by atoms with van der Waals surface area (Å²) in [5, 5.41) is 11.8. The van der Waals surface area contributed by atoms with E-state index in [9.17, 15) is 14.7 Å². The average molecular weight is 450 g/mol. The molecule has 0 saturated carbocycles. The normalized spacial score (nSPS) is 19.3. The first kappa shape index (κ1) is 20.4. The maximum Gasteiger partial charge on any atom is 0.295 e. The van der Waals surface area contributed by atoms with Gasteiger partial charge in [-0.15, -0.1) is 0 Å². The molecule has 1 saturated heterocycles. The van der Waals surface area contributed by atoms with Gasteiger partial charge >= 0.3 is 0 Å². The third-order valence-corrected chi connectivity index (χ3v) is 6.12. The van der Waals surface area contributed by atoms with Crippen molar-refractivity contribution in [2.45, 2.75) is 18.9 Å². The summed E-state index contributed by atoms with van der Waals surface area (Å²) in [7, 11) is 0. The minimum atomic E-state index is -0.804. The molecule has 1 N–H and O–H groups in total. The van der Waals surface area contributed by atoms with Gasteiger partial charge in [-0.3, -0.25) is 9.59 Å². The highest BCUT2D eigenvalue weighted by Gasteiger charge is 2.47. The number of ketones is 1. The average Bonchev–Trinajstić information content (AvgIpc) is 3.54. The molecule has 2 aliphatic rings. The molecule has 5 rings (SSSR count). The second-order valence-corrected chi connectivity index (χ2v) is 8.24. The molecule has 32 heavy (non-hydrogen) atoms. The number of hydrogen-bond acceptors (Lipinski definition) is 5. The van der Waals surface area contributed by atoms with Gasteiger partial charge in [0.05, 0.1) is 18.4 Å². The Hall–Kier alpha value is -3.51. The summed E-state index contributed by atoms with van der Waals surface area (Å²) in [5.41, 5.74) is 2.44. The Kier molecular flexibility index (Phi) is 5.23. The minimum Gasteiger partial charge on any atom is -0.507 e. The molecular weight excluding hydrogens is 430 g/mol. The molecule has 1 unspecified atom stereocenters. The number of fused-ring (bicyclic) bond motifs is 1. The highest BCUT2D eigenvalue weighted by atomic mass is 35.5. The summed E-state index contributed by atoms with van der Waals surface area (Å²) in [5.74, 6) is -0.407. The van der Waals surface area contributed by atoms with Crippen LogP contribution in [0.5, 0.6) is 5.75 Å². The first-order chi connectivity index (χ1) is 15.5. The zero-order chi connectivity index (χ0) is 22.2. The van der Waals surface area contributed by atoms with Crippen LogP contribution in [0.3, 0.4) is 0 Å². The molecule has 3 heterocycles. The number of nitrogens with zero attached hydrogens (tertiary/aromatic N) is 1. The fourth-order valence-corrected chi connectivity index (χ4v) is 4.37. The lowest BCUT2D eigenvalue weighted by Gasteiger charge is -2.23. The van der Waals surface area contributed by atoms with Gasteiger partial charge in [-0.1, -0.05) is 23.7 Å². The van der Waals surface area contributed by atoms with Crippen LogP contribution in [-0.4, -0.2) is 34.8 Å². The van der Waals surface area contributed by atoms with Gasteiger partial charge in [0.25, 0.3) is 11.7 Å². The van der Waals surface area contributed by atoms with Gasteiger partial charge in [-0.25, -0.2) is 0 Å². The summed E-state index contributed by atoms with van der Waals surface area (Å²) < 4.78 is 11.1. The van der Waals surface area contributed by atoms with Gasteiger partial charge < -0.3 is 19.2 Å². The number of carbonyl (C=O) groups excluding carboxylic acids is 2. The van der Waals surface area contributed by atoms with E-state index in [0.717, 1.165) is 23.3 Å². The zero-order valence-electron chi connectivity index (χ0n) is 17.1. The number of carbonyl (C=O) groups is 2. The molecule has 2 aliphatic heterocycles. The van der Waals surface area contributed by atoms with E-state index in [-0.39, 0.29) is 17.9 Å². The van der Waals surface area contributed by atoms with E-state index in [1.54, 1.807) is 42.5 Å². The lowest BCUT2D eigenvalue weighted by atomic mass is 9.98. The first-order valence-corrected chi connectivity index (χ1v) is 10.7. The molecule has 0 radical (unpaired) electrons. The largest absolute Gasteiger partial charge is 0.507 e. The standard InChI is InChI=1S/C25H20ClNO5/c26-18-6-3-15(4-7-18)9-11-27-22(20-2-1-12-31-20)21(24(29)25(27)30)23(28)17-5-8-19-16(14-17)10-13-32-19/h1-8,12,14,22,28H,9-11,13H2/b23-21-. The predicted octanol–water partition coefficient (Wildman–Crippen LogP) is 4.53. The van der Waals surface area contributed by atoms with Gasteiger partial charge in [0.2, 0.25) is 0 Å². The molecule has 1 aromatic heterocycles. The SMILES string of the molecule is O=C1C(=O)N(CCc2ccc(Cl)cc2)C(c2ccco2)/C1=C(/O)c1ccc2c(c1)CCO2. The Morgan fingerprint density at radius 3 is 2.69 bits per heavy atom. The maximum atomic E-state index is 13.0. The minimum absolute atomic E-state index is 0.0277. The van der Waals surface area contributed by atoms with Crippen molar-refractivity contribution in [1.29, 1.82) is 0 Å². The highest BCUT2D eigenvalue weighted by Crippen LogP contribution is 2.40. The molecule has 1 atom stereocenters. The molecule has 0 spiro atoms. The number of amides is 1. The summed E-state index contributed by atoms with van der Waals surface area (Å²) in [6.45, 7) is 0.868. The van der Waals surface area contributed by atoms with Gasteiger partial charge in [0, 0.05) is 23.6 Å². The fourth-order valence-electron chi connectivity index (χ4n) is 4.24. The Balaban J connectivity index is 1.52. The van der Waals surface area contributed by atoms with E-state index >= 15 is 0 Å². The Morgan fingerprint density at radius 1 is 1.12 bits per heavy atom. The van der Waals surface area contributed by atoms with Crippen molar-refractivity contribution in [1.82, 2.24) is 4.90 Å². The van der Waals surface area contributed by atoms with Crippen LogP contribution < -0.4 is 4.74 Å². The van der Waals surface area contributed by atoms with Crippen LogP contribution in [0.4, 0.5) is 0 Å². The molecule has 0 aliphatic carbocycles. The lowest BCUT2D eigenvalue weighted by molar-refractivity contribution is -0.140. The van der Waals surface area contributed by atoms with Crippen LogP contribution in [0.1, 0.15) is 28.5 Å². The van der Waals surface area contributed by atoms with Crippen molar-refractivity contribution in [3.05, 3.63) is 93.9 Å². The number of ether oxygens (including phenoxy) is 1. The second kappa shape index (κ2) is 8.20. The number of rotatable bonds is 5. The van der Waals surface area contributed by atoms with Crippen molar-refractivity contribution >= 4 is 29.1 Å². The maximum absolute atomic E-state index is 13.0. The first-order valence-electron chi connectivity index (χ1n) is 10.4. The molecule has 3 aromatic rings. The molecule has 0 bridgehead atoms. The molecule has 6 nitrogen and oxygen atoms in total. The number of likely N-dealkylation sites (tertiary alicyclic amines) is 1. The van der Waals surface area contributed by atoms with E-state index in [1.807, 2.05) is 12.1 Å². The molecule has 162 valence electrons. The molecule has 1 amide bonds. The topological polar surface area (TPSA) is 80.0 Å². The van der Waals surface area contributed by atoms with E-state index in [2.05, 4.69) is 0 Å². The molecule has 2 aromatic carbocycles. The Bertz CT molecular complexity index is 1210. The Labute approximate surface area is 189 Å². The lowest BCUT2D eigenvalue weighted by Crippen LogP contribution is -2.31. The van der Waals surface area contributed by atoms with Gasteiger partial charge in [0.15, 0.2) is 0 Å². The fraction of sp³-hybridized carbons (Fsp3) is 0.200. The van der Waals surface area contributed by atoms with E-state index < -0.39 is 17.7 Å². The van der Waals surface area contributed by atoms with Crippen LogP contribution in [-0.2, 0) is 22.4 Å². The number of benzene rings is 2. The van der Waals surface area contributed by atoms with E-state index in [1.165, 1.54) is 11.2 Å². The third-order valence-electron chi connectivity index (χ3n) is 5.87. The number of halogens is 1. The summed E-state index contributed by atoms with van der Waals surface area (Å²) in [6.07, 6.45) is 2.74. The summed E-state index contributed by atoms with van der Waals surface area (Å²) in [6, 6.07) is 15.2. The molecule has 7 heteroatoms. The van der Waals surface area contributed by atoms with Gasteiger partial charge in [-0.05, 0) is 60.0 Å². The van der Waals surface area contributed by atoms with Crippen molar-refractivity contribution < 1.29 is 23.8 Å². The third kappa shape index (κ3) is 3.56. The quantitative estimate of drug-likeness (QED) is 0.351. The van der Waals surface area contributed by atoms with Crippen LogP contribution in [0.2, 0.25) is 5.02 Å². The molecular formula is C25H20ClNO5. The number of hydrogen-bond donors (Lipinski definition) is 1. The summed E-state index contributed by atoms with van der Waals surface area (Å²) >= 11 is 5.96. The number of furan rings is 1. The van der Waals surface area contributed by atoms with Crippen molar-refractivity contribution in [3.8, 4) is 5.75 Å². The van der Waals surface area contributed by atoms with Crippen molar-refractivity contribution in [2.75, 3.05) is 13.2 Å². The monoisotopic (exact) mass is 449 g/mol. The molecule has 1 fully saturated rings. The predicted molar refractivity (Wildman–Crippen MR) is 119 cm³/mol. The van der Waals surface area contributed by atoms with Crippen LogP contribution >= 0.6 is 11.6 Å². The summed E-state index contributed by atoms with van der Waals surface area (Å²) in [4.78, 5) is 27.5. The highest BCUT2D eigenvalue weighted by molar-refractivity contribution is 6.46. The van der Waals surface area contributed by atoms with Crippen molar-refractivity contribution in [3.63, 3.8) is 0 Å². The van der Waals surface area contributed by atoms with Crippen LogP contribution in [0, 0.1) is 0 Å². The zero-order valence-corrected chi connectivity index (χ0v) is 17.8. The van der Waals surface area contributed by atoms with Crippen LogP contribution in [0.25, 0.3) is 5.76 Å². The van der Waals surface area contributed by atoms with Gasteiger partial charge in [0.1, 0.15) is 23.3 Å². The van der Waals surface area contributed by atoms with Crippen LogP contribution in [0.15, 0.2) is 70.9 Å². The number of Topliss-reactive ketones (excluding diaryl/α,β-unsaturated/α-hetero) is 1. The smallest absolute Gasteiger partial charge is 0.295 e. The number of aliphatic hydroxyl groups excluding tert-OH is 1. The second-order valence-electron chi connectivity index (χ2n) is 7.81. The van der Waals surface area contributed by atoms with E-state index in [4.69, 9.17) is 20.8 Å². The number of aliphatic hydroxyl groups is 1. The Morgan fingerprint density at radius 2 is 1.94 bits per heavy atom. The van der Waals surface area contributed by atoms with E-state index in [0.29, 0.717) is 29.4 Å². The van der Waals surface area contributed by atoms with Crippen molar-refractivity contribution in [2.24, 2.45) is 0 Å².